The summed E-state index contributed by atoms with van der Waals surface area (Å²) in [5.41, 5.74) is 0. The number of ether oxygens (including phenoxy) is 1. The van der Waals surface area contributed by atoms with E-state index in [0.717, 1.165) is 0 Å². The van der Waals surface area contributed by atoms with Crippen molar-refractivity contribution in [2.45, 2.75) is 33.7 Å². The van der Waals surface area contributed by atoms with Crippen LogP contribution in [0.5, 0.6) is 0 Å². The van der Waals surface area contributed by atoms with Crippen molar-refractivity contribution in [1.29, 1.82) is 0 Å². The number of rotatable bonds is 5. The quantitative estimate of drug-likeness (QED) is 0.731. The number of amides is 1. The van der Waals surface area contributed by atoms with Crippen LogP contribution in [0.2, 0.25) is 0 Å². The molecule has 88 valence electrons. The van der Waals surface area contributed by atoms with Crippen LogP contribution in [0.15, 0.2) is 0 Å². The minimum absolute atomic E-state index is 0.172. The topological polar surface area (TPSA) is 75.6 Å². The molecule has 2 N–H and O–H groups in total. The number of carboxylic acids is 1. The first-order chi connectivity index (χ1) is 6.84. The second-order valence-corrected chi connectivity index (χ2v) is 4.20. The van der Waals surface area contributed by atoms with Gasteiger partial charge in [0.1, 0.15) is 6.04 Å². The fraction of sp³-hybridized carbons (Fsp3) is 0.800. The molecule has 0 aromatic rings. The van der Waals surface area contributed by atoms with Crippen molar-refractivity contribution in [3.8, 4) is 0 Å². The maximum absolute atomic E-state index is 11.2. The summed E-state index contributed by atoms with van der Waals surface area (Å²) in [7, 11) is 0. The van der Waals surface area contributed by atoms with E-state index in [0.29, 0.717) is 0 Å². The fourth-order valence-electron chi connectivity index (χ4n) is 0.925. The molecule has 0 saturated heterocycles. The van der Waals surface area contributed by atoms with Gasteiger partial charge in [0.2, 0.25) is 0 Å². The van der Waals surface area contributed by atoms with E-state index >= 15 is 0 Å². The zero-order valence-corrected chi connectivity index (χ0v) is 9.61. The predicted molar refractivity (Wildman–Crippen MR) is 55.6 cm³/mol. The third kappa shape index (κ3) is 5.93. The van der Waals surface area contributed by atoms with Gasteiger partial charge in [-0.3, -0.25) is 0 Å². The van der Waals surface area contributed by atoms with E-state index in [1.807, 2.05) is 13.8 Å². The highest BCUT2D eigenvalue weighted by Gasteiger charge is 2.23. The van der Waals surface area contributed by atoms with Gasteiger partial charge >= 0.3 is 12.1 Å². The first-order valence-electron chi connectivity index (χ1n) is 5.00. The number of hydrogen-bond donors (Lipinski definition) is 2. The number of hydrogen-bond acceptors (Lipinski definition) is 3. The molecule has 0 saturated carbocycles. The van der Waals surface area contributed by atoms with Gasteiger partial charge in [-0.2, -0.15) is 0 Å². The summed E-state index contributed by atoms with van der Waals surface area (Å²) in [5.74, 6) is -0.987. The highest BCUT2D eigenvalue weighted by Crippen LogP contribution is 2.02. The molecule has 0 aliphatic heterocycles. The lowest BCUT2D eigenvalue weighted by Crippen LogP contribution is -2.44. The number of carbonyl (C=O) groups is 2. The van der Waals surface area contributed by atoms with Gasteiger partial charge in [0.05, 0.1) is 6.61 Å². The Balaban J connectivity index is 4.07. The van der Waals surface area contributed by atoms with Gasteiger partial charge in [0, 0.05) is 0 Å². The van der Waals surface area contributed by atoms with Gasteiger partial charge in [-0.15, -0.1) is 0 Å². The number of alkyl carbamates (subject to hydrolysis) is 1. The molecule has 0 bridgehead atoms. The van der Waals surface area contributed by atoms with Gasteiger partial charge in [-0.05, 0) is 11.8 Å². The van der Waals surface area contributed by atoms with Crippen molar-refractivity contribution < 1.29 is 19.4 Å². The van der Waals surface area contributed by atoms with E-state index in [2.05, 4.69) is 5.32 Å². The standard InChI is InChI=1S/C10H19NO4/c1-6(2)5-15-10(14)11-8(7(3)4)9(12)13/h6-8H,5H2,1-4H3,(H,11,14)(H,12,13). The van der Waals surface area contributed by atoms with Crippen molar-refractivity contribution in [3.05, 3.63) is 0 Å². The van der Waals surface area contributed by atoms with Gasteiger partial charge in [-0.1, -0.05) is 27.7 Å². The molecule has 0 rings (SSSR count). The molecule has 5 nitrogen and oxygen atoms in total. The van der Waals surface area contributed by atoms with Crippen LogP contribution < -0.4 is 5.32 Å². The molecule has 1 atom stereocenters. The Labute approximate surface area is 89.8 Å². The summed E-state index contributed by atoms with van der Waals surface area (Å²) in [6, 6.07) is -0.898. The largest absolute Gasteiger partial charge is 0.480 e. The summed E-state index contributed by atoms with van der Waals surface area (Å²) in [6.07, 6.45) is -0.676. The molecule has 0 aromatic carbocycles. The molecule has 5 heteroatoms. The molecule has 1 amide bonds. The highest BCUT2D eigenvalue weighted by atomic mass is 16.5. The zero-order chi connectivity index (χ0) is 12.0. The summed E-state index contributed by atoms with van der Waals surface area (Å²) < 4.78 is 4.82. The third-order valence-corrected chi connectivity index (χ3v) is 1.75. The SMILES string of the molecule is CC(C)COC(=O)NC(C(=O)O)C(C)C. The average molecular weight is 217 g/mol. The lowest BCUT2D eigenvalue weighted by molar-refractivity contribution is -0.140. The predicted octanol–water partition coefficient (Wildman–Crippen LogP) is 1.48. The Kier molecular flexibility index (Phi) is 5.74. The molecule has 0 fully saturated rings. The Bertz CT molecular complexity index is 225. The maximum Gasteiger partial charge on any atom is 0.407 e. The molecule has 15 heavy (non-hydrogen) atoms. The van der Waals surface area contributed by atoms with Gasteiger partial charge < -0.3 is 15.2 Å². The molecule has 0 radical (unpaired) electrons. The summed E-state index contributed by atoms with van der Waals surface area (Å²) >= 11 is 0. The van der Waals surface area contributed by atoms with E-state index < -0.39 is 18.1 Å². The monoisotopic (exact) mass is 217 g/mol. The van der Waals surface area contributed by atoms with Gasteiger partial charge in [0.15, 0.2) is 0 Å². The van der Waals surface area contributed by atoms with Crippen molar-refractivity contribution >= 4 is 12.1 Å². The Morgan fingerprint density at radius 3 is 2.13 bits per heavy atom. The fourth-order valence-corrected chi connectivity index (χ4v) is 0.925. The number of aliphatic carboxylic acids is 1. The second kappa shape index (κ2) is 6.27. The van der Waals surface area contributed by atoms with E-state index in [9.17, 15) is 9.59 Å². The van der Waals surface area contributed by atoms with Crippen molar-refractivity contribution in [1.82, 2.24) is 5.32 Å². The minimum atomic E-state index is -1.05. The molecule has 1 unspecified atom stereocenters. The van der Waals surface area contributed by atoms with E-state index in [-0.39, 0.29) is 18.4 Å². The first kappa shape index (κ1) is 13.7. The molecule has 0 spiro atoms. The molecular formula is C10H19NO4. The smallest absolute Gasteiger partial charge is 0.407 e. The van der Waals surface area contributed by atoms with Crippen molar-refractivity contribution in [2.75, 3.05) is 6.61 Å². The van der Waals surface area contributed by atoms with E-state index in [1.54, 1.807) is 13.8 Å². The molecule has 0 aliphatic rings. The normalized spacial score (nSPS) is 12.7. The van der Waals surface area contributed by atoms with Crippen LogP contribution in [0.25, 0.3) is 0 Å². The van der Waals surface area contributed by atoms with Crippen LogP contribution in [0, 0.1) is 11.8 Å². The van der Waals surface area contributed by atoms with Gasteiger partial charge in [0.25, 0.3) is 0 Å². The van der Waals surface area contributed by atoms with Crippen LogP contribution >= 0.6 is 0 Å². The lowest BCUT2D eigenvalue weighted by atomic mass is 10.1. The number of nitrogens with one attached hydrogen (secondary N) is 1. The molecular weight excluding hydrogens is 198 g/mol. The summed E-state index contributed by atoms with van der Waals surface area (Å²) in [4.78, 5) is 21.9. The van der Waals surface area contributed by atoms with Crippen LogP contribution in [0.1, 0.15) is 27.7 Å². The van der Waals surface area contributed by atoms with Crippen molar-refractivity contribution in [2.24, 2.45) is 11.8 Å². The molecule has 0 aromatic heterocycles. The van der Waals surface area contributed by atoms with Crippen molar-refractivity contribution in [3.63, 3.8) is 0 Å². The molecule has 0 aliphatic carbocycles. The maximum atomic E-state index is 11.2. The Morgan fingerprint density at radius 2 is 1.80 bits per heavy atom. The second-order valence-electron chi connectivity index (χ2n) is 4.20. The highest BCUT2D eigenvalue weighted by molar-refractivity contribution is 5.80. The van der Waals surface area contributed by atoms with Gasteiger partial charge in [-0.25, -0.2) is 9.59 Å². The lowest BCUT2D eigenvalue weighted by Gasteiger charge is -2.18. The first-order valence-corrected chi connectivity index (χ1v) is 5.00. The van der Waals surface area contributed by atoms with Crippen LogP contribution in [0.3, 0.4) is 0 Å². The van der Waals surface area contributed by atoms with E-state index in [4.69, 9.17) is 9.84 Å². The summed E-state index contributed by atoms with van der Waals surface area (Å²) in [5, 5.41) is 11.1. The number of carbonyl (C=O) groups excluding carboxylic acids is 1. The number of carboxylic acid groups (broad SMARTS) is 1. The van der Waals surface area contributed by atoms with Crippen LogP contribution in [-0.4, -0.2) is 29.8 Å². The van der Waals surface area contributed by atoms with Crippen LogP contribution in [-0.2, 0) is 9.53 Å². The Hall–Kier alpha value is -1.26. The van der Waals surface area contributed by atoms with Crippen LogP contribution in [0.4, 0.5) is 4.79 Å². The minimum Gasteiger partial charge on any atom is -0.480 e. The Morgan fingerprint density at radius 1 is 1.27 bits per heavy atom. The summed E-state index contributed by atoms with van der Waals surface area (Å²) in [6.45, 7) is 7.55. The third-order valence-electron chi connectivity index (χ3n) is 1.75. The molecule has 0 heterocycles. The zero-order valence-electron chi connectivity index (χ0n) is 9.61. The van der Waals surface area contributed by atoms with E-state index in [1.165, 1.54) is 0 Å². The average Bonchev–Trinajstić information content (AvgIpc) is 2.09.